The Hall–Kier alpha value is -3.98. The van der Waals surface area contributed by atoms with Crippen LogP contribution in [0.15, 0.2) is 84.9 Å². The van der Waals surface area contributed by atoms with E-state index in [1.807, 2.05) is 36.4 Å². The second-order valence-corrected chi connectivity index (χ2v) is 10.7. The number of hydroxylamine groups is 2. The van der Waals surface area contributed by atoms with Crippen LogP contribution in [0.4, 0.5) is 0 Å². The molecule has 0 fully saturated rings. The van der Waals surface area contributed by atoms with Crippen molar-refractivity contribution in [3.8, 4) is 5.75 Å². The highest BCUT2D eigenvalue weighted by atomic mass is 31.2. The smallest absolute Gasteiger partial charge is 0.379 e. The Morgan fingerprint density at radius 3 is 2.13 bits per heavy atom. The lowest BCUT2D eigenvalue weighted by atomic mass is 10.1. The van der Waals surface area contributed by atoms with E-state index in [4.69, 9.17) is 18.6 Å². The second kappa shape index (κ2) is 14.8. The number of hydrogen-bond donors (Lipinski definition) is 1. The van der Waals surface area contributed by atoms with Gasteiger partial charge in [0.1, 0.15) is 19.0 Å². The quantitative estimate of drug-likeness (QED) is 0.116. The van der Waals surface area contributed by atoms with Crippen molar-refractivity contribution < 1.29 is 42.7 Å². The van der Waals surface area contributed by atoms with Gasteiger partial charge < -0.3 is 18.9 Å². The molecule has 39 heavy (non-hydrogen) atoms. The molecule has 206 valence electrons. The van der Waals surface area contributed by atoms with Crippen LogP contribution in [0.25, 0.3) is 0 Å². The molecule has 3 aromatic rings. The monoisotopic (exact) mass is 555 g/mol. The highest BCUT2D eigenvalue weighted by Crippen LogP contribution is 2.48. The van der Waals surface area contributed by atoms with Crippen molar-refractivity contribution in [2.24, 2.45) is 0 Å². The molecule has 2 unspecified atom stereocenters. The summed E-state index contributed by atoms with van der Waals surface area (Å²) in [5.41, 5.74) is 2.17. The van der Waals surface area contributed by atoms with E-state index in [0.29, 0.717) is 10.6 Å². The average molecular weight is 556 g/mol. The summed E-state index contributed by atoms with van der Waals surface area (Å²) in [5.74, 6) is -1.61. The molecule has 0 saturated carbocycles. The van der Waals surface area contributed by atoms with E-state index in [0.717, 1.165) is 11.1 Å². The van der Waals surface area contributed by atoms with E-state index < -0.39 is 25.6 Å². The molecule has 3 aromatic carbocycles. The maximum atomic E-state index is 13.3. The van der Waals surface area contributed by atoms with Gasteiger partial charge in [-0.25, -0.2) is 14.4 Å². The van der Waals surface area contributed by atoms with Crippen LogP contribution in [0, 0.1) is 0 Å². The third-order valence-corrected chi connectivity index (χ3v) is 7.46. The lowest BCUT2D eigenvalue weighted by Gasteiger charge is -2.25. The molecule has 0 aromatic heterocycles. The molecule has 0 bridgehead atoms. The fourth-order valence-electron chi connectivity index (χ4n) is 3.56. The van der Waals surface area contributed by atoms with Crippen LogP contribution in [0.1, 0.15) is 23.1 Å². The second-order valence-electron chi connectivity index (χ2n) is 8.45. The Morgan fingerprint density at radius 1 is 0.923 bits per heavy atom. The summed E-state index contributed by atoms with van der Waals surface area (Å²) in [4.78, 5) is 41.1. The number of aliphatic carboxylic acids is 1. The number of carbonyl (C=O) groups excluding carboxylic acids is 2. The van der Waals surface area contributed by atoms with Crippen LogP contribution in [-0.4, -0.2) is 47.8 Å². The zero-order valence-corrected chi connectivity index (χ0v) is 22.3. The maximum absolute atomic E-state index is 13.3. The van der Waals surface area contributed by atoms with Gasteiger partial charge in [0, 0.05) is 7.11 Å². The van der Waals surface area contributed by atoms with Crippen molar-refractivity contribution in [1.82, 2.24) is 5.06 Å². The largest absolute Gasteiger partial charge is 0.480 e. The van der Waals surface area contributed by atoms with E-state index in [1.165, 1.54) is 13.2 Å². The van der Waals surface area contributed by atoms with Crippen LogP contribution in [0.2, 0.25) is 0 Å². The molecule has 3 rings (SSSR count). The normalized spacial score (nSPS) is 13.1. The Morgan fingerprint density at radius 2 is 1.54 bits per heavy atom. The highest BCUT2D eigenvalue weighted by molar-refractivity contribution is 7.54. The van der Waals surface area contributed by atoms with Crippen molar-refractivity contribution >= 4 is 25.9 Å². The van der Waals surface area contributed by atoms with Gasteiger partial charge in [-0.1, -0.05) is 72.8 Å². The van der Waals surface area contributed by atoms with Crippen molar-refractivity contribution in [2.75, 3.05) is 13.3 Å². The molecule has 1 N–H and O–H groups in total. The predicted octanol–water partition coefficient (Wildman–Crippen LogP) is 4.62. The van der Waals surface area contributed by atoms with E-state index in [2.05, 4.69) is 0 Å². The fourth-order valence-corrected chi connectivity index (χ4v) is 4.90. The topological polar surface area (TPSA) is 129 Å². The number of nitrogens with zero attached hydrogens (tertiary/aromatic N) is 1. The minimum Gasteiger partial charge on any atom is -0.480 e. The summed E-state index contributed by atoms with van der Waals surface area (Å²) in [6.45, 7) is 0.120. The lowest BCUT2D eigenvalue weighted by molar-refractivity contribution is -0.200. The SMILES string of the molecule is COP(=O)(CCC(C(=O)O)N(C=O)OCc1ccccc1)Oc1cccc(CC(=O)OCc2ccccc2)c1. The maximum Gasteiger partial charge on any atom is 0.379 e. The first-order valence-electron chi connectivity index (χ1n) is 12.1. The molecule has 0 radical (unpaired) electrons. The fraction of sp³-hybridized carbons (Fsp3) is 0.250. The summed E-state index contributed by atoms with van der Waals surface area (Å²) in [5, 5.41) is 10.3. The third kappa shape index (κ3) is 9.68. The first-order valence-corrected chi connectivity index (χ1v) is 13.8. The van der Waals surface area contributed by atoms with Gasteiger partial charge in [0.2, 0.25) is 6.41 Å². The number of carboxylic acid groups (broad SMARTS) is 1. The molecule has 0 spiro atoms. The van der Waals surface area contributed by atoms with Crippen molar-refractivity contribution in [1.29, 1.82) is 0 Å². The zero-order valence-electron chi connectivity index (χ0n) is 21.4. The molecular weight excluding hydrogens is 525 g/mol. The molecule has 0 aliphatic rings. The number of carbonyl (C=O) groups is 3. The van der Waals surface area contributed by atoms with Crippen LogP contribution in [0.5, 0.6) is 5.75 Å². The number of carboxylic acids is 1. The molecule has 11 heteroatoms. The van der Waals surface area contributed by atoms with Gasteiger partial charge in [-0.3, -0.25) is 14.4 Å². The van der Waals surface area contributed by atoms with Gasteiger partial charge in [0.15, 0.2) is 6.04 Å². The molecule has 1 amide bonds. The summed E-state index contributed by atoms with van der Waals surface area (Å²) < 4.78 is 29.3. The van der Waals surface area contributed by atoms with Crippen molar-refractivity contribution in [3.05, 3.63) is 102 Å². The summed E-state index contributed by atoms with van der Waals surface area (Å²) in [6.07, 6.45) is -0.349. The van der Waals surface area contributed by atoms with E-state index in [9.17, 15) is 24.1 Å². The van der Waals surface area contributed by atoms with Gasteiger partial charge in [-0.05, 0) is 35.2 Å². The number of ether oxygens (including phenoxy) is 1. The standard InChI is InChI=1S/C28H30NO9P/c1-35-39(34,16-15-26(28(32)33)29(21-30)37-20-23-11-6-3-7-12-23)38-25-14-8-13-24(17-25)18-27(31)36-19-22-9-4-2-5-10-22/h2-14,17,21,26H,15-16,18-20H2,1H3,(H,32,33). The Labute approximate surface area is 226 Å². The first kappa shape index (κ1) is 29.6. The van der Waals surface area contributed by atoms with Crippen LogP contribution in [0.3, 0.4) is 0 Å². The number of rotatable bonds is 16. The Bertz CT molecular complexity index is 1270. The molecule has 0 saturated heterocycles. The number of hydrogen-bond acceptors (Lipinski definition) is 8. The first-order chi connectivity index (χ1) is 18.8. The molecule has 0 aliphatic carbocycles. The number of esters is 1. The molecule has 0 aliphatic heterocycles. The third-order valence-electron chi connectivity index (χ3n) is 5.61. The molecule has 10 nitrogen and oxygen atoms in total. The zero-order chi connectivity index (χ0) is 28.1. The Balaban J connectivity index is 1.58. The summed E-state index contributed by atoms with van der Waals surface area (Å²) in [7, 11) is -2.64. The van der Waals surface area contributed by atoms with Crippen LogP contribution < -0.4 is 4.52 Å². The van der Waals surface area contributed by atoms with Crippen LogP contribution in [-0.2, 0) is 52.7 Å². The Kier molecular flexibility index (Phi) is 11.2. The van der Waals surface area contributed by atoms with Gasteiger partial charge in [-0.2, -0.15) is 0 Å². The number of benzene rings is 3. The summed E-state index contributed by atoms with van der Waals surface area (Å²) >= 11 is 0. The van der Waals surface area contributed by atoms with E-state index in [-0.39, 0.29) is 44.4 Å². The van der Waals surface area contributed by atoms with Gasteiger partial charge >= 0.3 is 19.5 Å². The highest BCUT2D eigenvalue weighted by Gasteiger charge is 2.32. The molecule has 2 atom stereocenters. The van der Waals surface area contributed by atoms with E-state index in [1.54, 1.807) is 42.5 Å². The van der Waals surface area contributed by atoms with E-state index >= 15 is 0 Å². The van der Waals surface area contributed by atoms with Crippen LogP contribution >= 0.6 is 7.60 Å². The average Bonchev–Trinajstić information content (AvgIpc) is 2.94. The van der Waals surface area contributed by atoms with Crippen molar-refractivity contribution in [3.63, 3.8) is 0 Å². The lowest BCUT2D eigenvalue weighted by Crippen LogP contribution is -2.41. The van der Waals surface area contributed by atoms with Crippen molar-refractivity contribution in [2.45, 2.75) is 32.1 Å². The van der Waals surface area contributed by atoms with Gasteiger partial charge in [0.25, 0.3) is 0 Å². The predicted molar refractivity (Wildman–Crippen MR) is 142 cm³/mol. The van der Waals surface area contributed by atoms with Gasteiger partial charge in [-0.15, -0.1) is 0 Å². The summed E-state index contributed by atoms with van der Waals surface area (Å²) in [6, 6.07) is 23.2. The molecular formula is C28H30NO9P. The minimum atomic E-state index is -3.83. The number of amides is 1. The molecule has 0 heterocycles. The van der Waals surface area contributed by atoms with Gasteiger partial charge in [0.05, 0.1) is 12.6 Å². The minimum absolute atomic E-state index is 0.0254.